The van der Waals surface area contributed by atoms with Gasteiger partial charge in [0.05, 0.1) is 15.9 Å². The first kappa shape index (κ1) is 15.7. The maximum absolute atomic E-state index is 5.21. The van der Waals surface area contributed by atoms with E-state index >= 15 is 0 Å². The summed E-state index contributed by atoms with van der Waals surface area (Å²) in [7, 11) is 3.53. The summed E-state index contributed by atoms with van der Waals surface area (Å²) in [4.78, 5) is 9.19. The lowest BCUT2D eigenvalue weighted by Gasteiger charge is -2.11. The molecule has 1 N–H and O–H groups in total. The molecule has 20 heavy (non-hydrogen) atoms. The van der Waals surface area contributed by atoms with E-state index in [0.29, 0.717) is 12.4 Å². The van der Waals surface area contributed by atoms with E-state index in [9.17, 15) is 0 Å². The van der Waals surface area contributed by atoms with E-state index in [1.807, 2.05) is 19.2 Å². The normalized spacial score (nSPS) is 10.7. The maximum atomic E-state index is 5.21. The third kappa shape index (κ3) is 3.29. The number of rotatable bonds is 4. The van der Waals surface area contributed by atoms with Crippen LogP contribution < -0.4 is 5.32 Å². The smallest absolute Gasteiger partial charge is 0.161 e. The van der Waals surface area contributed by atoms with Crippen LogP contribution in [0.15, 0.2) is 22.7 Å². The largest absolute Gasteiger partial charge is 0.378 e. The highest BCUT2D eigenvalue weighted by Gasteiger charge is 2.13. The van der Waals surface area contributed by atoms with Gasteiger partial charge in [-0.2, -0.15) is 0 Å². The van der Waals surface area contributed by atoms with Crippen molar-refractivity contribution >= 4 is 44.3 Å². The van der Waals surface area contributed by atoms with Gasteiger partial charge in [-0.25, -0.2) is 9.97 Å². The zero-order valence-electron chi connectivity index (χ0n) is 11.5. The lowest BCUT2D eigenvalue weighted by Crippen LogP contribution is -2.06. The molecule has 2 aromatic rings. The summed E-state index contributed by atoms with van der Waals surface area (Å²) in [5.41, 5.74) is 3.04. The minimum atomic E-state index is 0.470. The van der Waals surface area contributed by atoms with Crippen molar-refractivity contribution in [2.45, 2.75) is 13.5 Å². The predicted octanol–water partition coefficient (Wildman–Crippen LogP) is 4.01. The number of aromatic nitrogens is 2. The van der Waals surface area contributed by atoms with Crippen molar-refractivity contribution in [3.63, 3.8) is 0 Å². The predicted molar refractivity (Wildman–Crippen MR) is 92.9 cm³/mol. The van der Waals surface area contributed by atoms with Crippen LogP contribution in [0.5, 0.6) is 0 Å². The summed E-state index contributed by atoms with van der Waals surface area (Å²) in [6.07, 6.45) is 0. The van der Waals surface area contributed by atoms with Crippen LogP contribution in [-0.2, 0) is 11.3 Å². The summed E-state index contributed by atoms with van der Waals surface area (Å²) in [6.45, 7) is 2.52. The highest BCUT2D eigenvalue weighted by Crippen LogP contribution is 2.27. The van der Waals surface area contributed by atoms with Gasteiger partial charge in [-0.05, 0) is 47.2 Å². The molecule has 1 aromatic heterocycles. The molecule has 0 fully saturated rings. The van der Waals surface area contributed by atoms with E-state index in [1.54, 1.807) is 7.11 Å². The Balaban J connectivity index is 2.55. The van der Waals surface area contributed by atoms with Gasteiger partial charge in [-0.3, -0.25) is 0 Å². The lowest BCUT2D eigenvalue weighted by molar-refractivity contribution is 0.181. The van der Waals surface area contributed by atoms with Crippen molar-refractivity contribution in [3.05, 3.63) is 37.5 Å². The van der Waals surface area contributed by atoms with Crippen molar-refractivity contribution < 1.29 is 4.74 Å². The zero-order valence-corrected chi connectivity index (χ0v) is 15.2. The van der Waals surface area contributed by atoms with Gasteiger partial charge in [0, 0.05) is 24.2 Å². The third-order valence-corrected chi connectivity index (χ3v) is 4.88. The standard InChI is InChI=1S/C14H15BrIN3O/c1-8-6-9(4-5-10(8)15)13-18-11(7-20-3)12(16)14(17-2)19-13/h4-6H,7H2,1-3H3,(H,17,18,19). The molecule has 0 aliphatic rings. The topological polar surface area (TPSA) is 47.0 Å². The fourth-order valence-electron chi connectivity index (χ4n) is 1.80. The van der Waals surface area contributed by atoms with Crippen LogP contribution in [0.25, 0.3) is 11.4 Å². The number of hydrogen-bond donors (Lipinski definition) is 1. The molecule has 0 saturated heterocycles. The van der Waals surface area contributed by atoms with E-state index in [-0.39, 0.29) is 0 Å². The Morgan fingerprint density at radius 1 is 1.35 bits per heavy atom. The van der Waals surface area contributed by atoms with Gasteiger partial charge < -0.3 is 10.1 Å². The first-order chi connectivity index (χ1) is 9.56. The van der Waals surface area contributed by atoms with Gasteiger partial charge in [0.2, 0.25) is 0 Å². The van der Waals surface area contributed by atoms with Gasteiger partial charge in [0.15, 0.2) is 5.82 Å². The summed E-state index contributed by atoms with van der Waals surface area (Å²) >= 11 is 5.74. The Labute approximate surface area is 140 Å². The number of hydrogen-bond acceptors (Lipinski definition) is 4. The number of nitrogens with zero attached hydrogens (tertiary/aromatic N) is 2. The van der Waals surface area contributed by atoms with Gasteiger partial charge in [0.1, 0.15) is 5.82 Å². The molecule has 106 valence electrons. The summed E-state index contributed by atoms with van der Waals surface area (Å²) in [5.74, 6) is 1.53. The van der Waals surface area contributed by atoms with Gasteiger partial charge >= 0.3 is 0 Å². The second-order valence-electron chi connectivity index (χ2n) is 4.30. The molecule has 0 spiro atoms. The Hall–Kier alpha value is -0.730. The number of aryl methyl sites for hydroxylation is 1. The fourth-order valence-corrected chi connectivity index (χ4v) is 2.72. The number of methoxy groups -OCH3 is 1. The summed E-state index contributed by atoms with van der Waals surface area (Å²) < 4.78 is 7.28. The van der Waals surface area contributed by atoms with E-state index < -0.39 is 0 Å². The molecule has 0 aliphatic carbocycles. The molecule has 0 saturated carbocycles. The Morgan fingerprint density at radius 3 is 2.70 bits per heavy atom. The molecule has 1 heterocycles. The molecule has 1 aromatic carbocycles. The van der Waals surface area contributed by atoms with Crippen LogP contribution in [0.3, 0.4) is 0 Å². The van der Waals surface area contributed by atoms with E-state index in [1.165, 1.54) is 0 Å². The quantitative estimate of drug-likeness (QED) is 0.719. The molecule has 0 aliphatic heterocycles. The molecule has 0 amide bonds. The summed E-state index contributed by atoms with van der Waals surface area (Å²) in [5, 5.41) is 3.11. The maximum Gasteiger partial charge on any atom is 0.161 e. The van der Waals surface area contributed by atoms with Gasteiger partial charge in [-0.15, -0.1) is 0 Å². The van der Waals surface area contributed by atoms with Crippen LogP contribution in [-0.4, -0.2) is 24.1 Å². The van der Waals surface area contributed by atoms with Gasteiger partial charge in [-0.1, -0.05) is 22.0 Å². The second kappa shape index (κ2) is 6.82. The lowest BCUT2D eigenvalue weighted by atomic mass is 10.1. The van der Waals surface area contributed by atoms with Crippen LogP contribution in [0.2, 0.25) is 0 Å². The molecule has 6 heteroatoms. The molecule has 0 bridgehead atoms. The molecule has 2 rings (SSSR count). The number of nitrogens with one attached hydrogen (secondary N) is 1. The highest BCUT2D eigenvalue weighted by atomic mass is 127. The third-order valence-electron chi connectivity index (χ3n) is 2.85. The molecule has 0 atom stereocenters. The second-order valence-corrected chi connectivity index (χ2v) is 6.24. The van der Waals surface area contributed by atoms with Gasteiger partial charge in [0.25, 0.3) is 0 Å². The SMILES string of the molecule is CNc1nc(-c2ccc(Br)c(C)c2)nc(COC)c1I. The van der Waals surface area contributed by atoms with Crippen LogP contribution in [0.4, 0.5) is 5.82 Å². The molecule has 0 unspecified atom stereocenters. The minimum absolute atomic E-state index is 0.470. The minimum Gasteiger partial charge on any atom is -0.378 e. The van der Waals surface area contributed by atoms with E-state index in [0.717, 1.165) is 30.7 Å². The average molecular weight is 448 g/mol. The van der Waals surface area contributed by atoms with Crippen molar-refractivity contribution in [1.82, 2.24) is 9.97 Å². The summed E-state index contributed by atoms with van der Waals surface area (Å²) in [6, 6.07) is 6.10. The molecule has 4 nitrogen and oxygen atoms in total. The average Bonchev–Trinajstić information content (AvgIpc) is 2.44. The highest BCUT2D eigenvalue weighted by molar-refractivity contribution is 14.1. The first-order valence-electron chi connectivity index (χ1n) is 6.06. The Kier molecular flexibility index (Phi) is 5.34. The number of benzene rings is 1. The van der Waals surface area contributed by atoms with Crippen LogP contribution >= 0.6 is 38.5 Å². The number of ether oxygens (including phenoxy) is 1. The Bertz CT molecular complexity index is 634. The van der Waals surface area contributed by atoms with Crippen LogP contribution in [0, 0.1) is 10.5 Å². The Morgan fingerprint density at radius 2 is 2.10 bits per heavy atom. The monoisotopic (exact) mass is 447 g/mol. The fraction of sp³-hybridized carbons (Fsp3) is 0.286. The van der Waals surface area contributed by atoms with E-state index in [2.05, 4.69) is 66.8 Å². The first-order valence-corrected chi connectivity index (χ1v) is 7.93. The van der Waals surface area contributed by atoms with Crippen LogP contribution in [0.1, 0.15) is 11.3 Å². The molecule has 0 radical (unpaired) electrons. The van der Waals surface area contributed by atoms with Crippen molar-refractivity contribution in [2.75, 3.05) is 19.5 Å². The van der Waals surface area contributed by atoms with Crippen molar-refractivity contribution in [1.29, 1.82) is 0 Å². The number of halogens is 2. The van der Waals surface area contributed by atoms with E-state index in [4.69, 9.17) is 4.74 Å². The number of anilines is 1. The molecular formula is C14H15BrIN3O. The zero-order chi connectivity index (χ0) is 14.7. The van der Waals surface area contributed by atoms with Crippen molar-refractivity contribution in [3.8, 4) is 11.4 Å². The molecular weight excluding hydrogens is 433 g/mol. The van der Waals surface area contributed by atoms with Crippen molar-refractivity contribution in [2.24, 2.45) is 0 Å².